The second kappa shape index (κ2) is 8.68. The molecule has 63 valence electrons. The van der Waals surface area contributed by atoms with Gasteiger partial charge in [-0.05, 0) is 25.7 Å². The van der Waals surface area contributed by atoms with E-state index in [-0.39, 0.29) is 18.6 Å². The Balaban J connectivity index is 0.000000167. The molecule has 0 spiro atoms. The summed E-state index contributed by atoms with van der Waals surface area (Å²) in [5, 5.41) is 0. The summed E-state index contributed by atoms with van der Waals surface area (Å²) in [6.07, 6.45) is 16.0. The van der Waals surface area contributed by atoms with Crippen molar-refractivity contribution in [3.05, 3.63) is 12.8 Å². The second-order valence-electron chi connectivity index (χ2n) is 3.17. The maximum Gasteiger partial charge on any atom is 0 e. The Kier molecular flexibility index (Phi) is 9.14. The van der Waals surface area contributed by atoms with Gasteiger partial charge >= 0.3 is 0 Å². The molecular weight excluding hydrogens is 171 g/mol. The molecule has 0 aromatic heterocycles. The summed E-state index contributed by atoms with van der Waals surface area (Å²) in [6.45, 7) is 0. The number of hydrogen-bond acceptors (Lipinski definition) is 0. The van der Waals surface area contributed by atoms with Crippen LogP contribution in [0.5, 0.6) is 0 Å². The van der Waals surface area contributed by atoms with Crippen molar-refractivity contribution >= 4 is 0 Å². The van der Waals surface area contributed by atoms with E-state index in [1.807, 2.05) is 0 Å². The predicted molar refractivity (Wildman–Crippen MR) is 45.5 cm³/mol. The van der Waals surface area contributed by atoms with Crippen molar-refractivity contribution in [1.29, 1.82) is 0 Å². The predicted octanol–water partition coefficient (Wildman–Crippen LogP) is 3.53. The monoisotopic (exact) mass is 189 g/mol. The van der Waals surface area contributed by atoms with Crippen molar-refractivity contribution in [3.8, 4) is 0 Å². The van der Waals surface area contributed by atoms with Crippen LogP contribution in [0.15, 0.2) is 0 Å². The topological polar surface area (TPSA) is 0 Å². The normalized spacial score (nSPS) is 21.8. The fourth-order valence-corrected chi connectivity index (χ4v) is 1.47. The van der Waals surface area contributed by atoms with Crippen LogP contribution in [0.4, 0.5) is 0 Å². The van der Waals surface area contributed by atoms with E-state index >= 15 is 0 Å². The molecule has 2 saturated carbocycles. The van der Waals surface area contributed by atoms with E-state index in [1.165, 1.54) is 51.4 Å². The molecule has 0 amide bonds. The maximum absolute atomic E-state index is 2.24. The SMILES string of the molecule is C1CCCC1.[CH]1[CH]CCC1.[V]. The van der Waals surface area contributed by atoms with Crippen molar-refractivity contribution < 1.29 is 18.6 Å². The van der Waals surface area contributed by atoms with Gasteiger partial charge in [-0.25, -0.2) is 0 Å². The van der Waals surface area contributed by atoms with Gasteiger partial charge in [-0.15, -0.1) is 0 Å². The average molecular weight is 189 g/mol. The third-order valence-corrected chi connectivity index (χ3v) is 2.16. The molecule has 0 bridgehead atoms. The van der Waals surface area contributed by atoms with Gasteiger partial charge < -0.3 is 0 Å². The van der Waals surface area contributed by atoms with Gasteiger partial charge in [0.1, 0.15) is 0 Å². The average Bonchev–Trinajstić information content (AvgIpc) is 2.67. The molecule has 2 aliphatic rings. The quantitative estimate of drug-likeness (QED) is 0.546. The van der Waals surface area contributed by atoms with Crippen molar-refractivity contribution in [2.24, 2.45) is 0 Å². The molecule has 1 heteroatoms. The van der Waals surface area contributed by atoms with Crippen molar-refractivity contribution in [1.82, 2.24) is 0 Å². The van der Waals surface area contributed by atoms with E-state index in [0.29, 0.717) is 0 Å². The van der Waals surface area contributed by atoms with E-state index in [4.69, 9.17) is 0 Å². The minimum Gasteiger partial charge on any atom is -0.0533 e. The molecule has 0 aromatic rings. The second-order valence-corrected chi connectivity index (χ2v) is 3.17. The van der Waals surface area contributed by atoms with E-state index in [0.717, 1.165) is 0 Å². The van der Waals surface area contributed by atoms with Gasteiger partial charge in [-0.2, -0.15) is 0 Å². The first-order valence-electron chi connectivity index (χ1n) is 4.65. The van der Waals surface area contributed by atoms with Gasteiger partial charge in [0.25, 0.3) is 0 Å². The Morgan fingerprint density at radius 3 is 1.09 bits per heavy atom. The molecule has 0 unspecified atom stereocenters. The first-order valence-corrected chi connectivity index (χ1v) is 4.65. The van der Waals surface area contributed by atoms with E-state index < -0.39 is 0 Å². The smallest absolute Gasteiger partial charge is 0 e. The fraction of sp³-hybridized carbons (Fsp3) is 0.800. The molecule has 2 rings (SSSR count). The largest absolute Gasteiger partial charge is 0.0533 e. The summed E-state index contributed by atoms with van der Waals surface area (Å²) >= 11 is 0. The van der Waals surface area contributed by atoms with Gasteiger partial charge in [0, 0.05) is 18.6 Å². The Bertz CT molecular complexity index is 38.1. The van der Waals surface area contributed by atoms with Crippen LogP contribution in [0.25, 0.3) is 0 Å². The van der Waals surface area contributed by atoms with Gasteiger partial charge in [-0.1, -0.05) is 38.5 Å². The van der Waals surface area contributed by atoms with Crippen LogP contribution in [0.2, 0.25) is 0 Å². The van der Waals surface area contributed by atoms with Gasteiger partial charge in [0.05, 0.1) is 0 Å². The minimum absolute atomic E-state index is 0. The fourth-order valence-electron chi connectivity index (χ4n) is 1.47. The van der Waals surface area contributed by atoms with Crippen LogP contribution < -0.4 is 0 Å². The number of rotatable bonds is 0. The Hall–Kier alpha value is 0.584. The minimum atomic E-state index is 0. The van der Waals surface area contributed by atoms with Gasteiger partial charge in [0.15, 0.2) is 0 Å². The number of hydrogen-bond donors (Lipinski definition) is 0. The molecule has 0 heterocycles. The van der Waals surface area contributed by atoms with Crippen LogP contribution in [0, 0.1) is 12.8 Å². The van der Waals surface area contributed by atoms with Gasteiger partial charge in [0.2, 0.25) is 0 Å². The Labute approximate surface area is 83.0 Å². The molecule has 0 nitrogen and oxygen atoms in total. The summed E-state index contributed by atoms with van der Waals surface area (Å²) in [7, 11) is 0. The van der Waals surface area contributed by atoms with Crippen molar-refractivity contribution in [3.63, 3.8) is 0 Å². The summed E-state index contributed by atoms with van der Waals surface area (Å²) in [6, 6.07) is 0. The van der Waals surface area contributed by atoms with Crippen LogP contribution in [-0.2, 0) is 18.6 Å². The molecule has 0 aliphatic heterocycles. The zero-order valence-electron chi connectivity index (χ0n) is 7.26. The first-order chi connectivity index (χ1) is 5.00. The molecule has 2 fully saturated rings. The molecule has 0 aromatic carbocycles. The van der Waals surface area contributed by atoms with Crippen LogP contribution in [0.1, 0.15) is 51.4 Å². The third kappa shape index (κ3) is 6.96. The summed E-state index contributed by atoms with van der Waals surface area (Å²) in [5.74, 6) is 0. The zero-order chi connectivity index (χ0) is 7.07. The van der Waals surface area contributed by atoms with Gasteiger partial charge in [-0.3, -0.25) is 0 Å². The van der Waals surface area contributed by atoms with E-state index in [2.05, 4.69) is 12.8 Å². The van der Waals surface area contributed by atoms with E-state index in [9.17, 15) is 0 Å². The first kappa shape index (κ1) is 11.6. The van der Waals surface area contributed by atoms with Crippen molar-refractivity contribution in [2.45, 2.75) is 51.4 Å². The molecule has 11 heavy (non-hydrogen) atoms. The molecule has 2 aliphatic carbocycles. The Morgan fingerprint density at radius 2 is 0.909 bits per heavy atom. The van der Waals surface area contributed by atoms with E-state index in [1.54, 1.807) is 0 Å². The molecule has 3 radical (unpaired) electrons. The van der Waals surface area contributed by atoms with Crippen LogP contribution >= 0.6 is 0 Å². The summed E-state index contributed by atoms with van der Waals surface area (Å²) in [5.41, 5.74) is 0. The van der Waals surface area contributed by atoms with Crippen LogP contribution in [-0.4, -0.2) is 0 Å². The summed E-state index contributed by atoms with van der Waals surface area (Å²) < 4.78 is 0. The Morgan fingerprint density at radius 1 is 0.545 bits per heavy atom. The molecule has 0 atom stereocenters. The zero-order valence-corrected chi connectivity index (χ0v) is 8.66. The summed E-state index contributed by atoms with van der Waals surface area (Å²) in [4.78, 5) is 0. The standard InChI is InChI=1S/C5H10.C5H8.V/c2*1-2-4-5-3-1;/h1-5H2;1-2H,3-5H2;. The molecule has 0 N–H and O–H groups in total. The molecule has 0 saturated heterocycles. The van der Waals surface area contributed by atoms with Crippen LogP contribution in [0.3, 0.4) is 0 Å². The molecular formula is C10H18V. The third-order valence-electron chi connectivity index (χ3n) is 2.16. The maximum atomic E-state index is 2.24. The van der Waals surface area contributed by atoms with Crippen molar-refractivity contribution in [2.75, 3.05) is 0 Å².